The van der Waals surface area contributed by atoms with Crippen LogP contribution in [0.25, 0.3) is 0 Å². The first kappa shape index (κ1) is 21.5. The van der Waals surface area contributed by atoms with Crippen LogP contribution in [-0.2, 0) is 14.3 Å². The lowest BCUT2D eigenvalue weighted by Gasteiger charge is -2.36. The van der Waals surface area contributed by atoms with Gasteiger partial charge in [-0.25, -0.2) is 0 Å². The summed E-state index contributed by atoms with van der Waals surface area (Å²) in [5.41, 5.74) is 1.19. The molecule has 9 nitrogen and oxygen atoms in total. The Morgan fingerprint density at radius 3 is 2.50 bits per heavy atom. The molecule has 30 heavy (non-hydrogen) atoms. The lowest BCUT2D eigenvalue weighted by Crippen LogP contribution is -2.49. The van der Waals surface area contributed by atoms with E-state index in [0.29, 0.717) is 36.9 Å². The predicted molar refractivity (Wildman–Crippen MR) is 113 cm³/mol. The second kappa shape index (κ2) is 10.0. The fraction of sp³-hybridized carbons (Fsp3) is 0.300. The van der Waals surface area contributed by atoms with E-state index in [9.17, 15) is 19.7 Å². The molecule has 1 heterocycles. The summed E-state index contributed by atoms with van der Waals surface area (Å²) < 4.78 is 5.22. The fourth-order valence-electron chi connectivity index (χ4n) is 3.10. The number of carbonyl (C=O) groups excluding carboxylic acids is 2. The number of nitrogens with zero attached hydrogens (tertiary/aromatic N) is 3. The molecule has 0 aromatic heterocycles. The number of benzene rings is 2. The third-order valence-electron chi connectivity index (χ3n) is 4.61. The van der Waals surface area contributed by atoms with Gasteiger partial charge in [0.1, 0.15) is 13.2 Å². The Morgan fingerprint density at radius 1 is 1.07 bits per heavy atom. The molecule has 0 unspecified atom stereocenters. The van der Waals surface area contributed by atoms with Gasteiger partial charge in [-0.2, -0.15) is 0 Å². The van der Waals surface area contributed by atoms with Crippen molar-refractivity contribution in [3.63, 3.8) is 0 Å². The molecule has 0 spiro atoms. The van der Waals surface area contributed by atoms with Crippen LogP contribution in [0.1, 0.15) is 0 Å². The Hall–Kier alpha value is -3.17. The zero-order valence-corrected chi connectivity index (χ0v) is 16.9. The molecular weight excluding hydrogens is 412 g/mol. The Kier molecular flexibility index (Phi) is 7.21. The maximum Gasteiger partial charge on any atom is 0.271 e. The van der Waals surface area contributed by atoms with Crippen molar-refractivity contribution in [2.24, 2.45) is 0 Å². The SMILES string of the molecule is O=C(COCC(=O)N1CCN(c2cccc(Cl)c2)CC1)Nc1cccc([N+](=O)[O-])c1. The van der Waals surface area contributed by atoms with Gasteiger partial charge in [0.05, 0.1) is 4.92 Å². The van der Waals surface area contributed by atoms with Crippen LogP contribution in [0.3, 0.4) is 0 Å². The summed E-state index contributed by atoms with van der Waals surface area (Å²) in [4.78, 5) is 38.3. The molecule has 158 valence electrons. The van der Waals surface area contributed by atoms with Crippen molar-refractivity contribution in [3.8, 4) is 0 Å². The number of non-ortho nitro benzene ring substituents is 1. The number of rotatable bonds is 7. The number of nitrogens with one attached hydrogen (secondary N) is 1. The summed E-state index contributed by atoms with van der Waals surface area (Å²) in [7, 11) is 0. The number of ether oxygens (including phenoxy) is 1. The van der Waals surface area contributed by atoms with Gasteiger partial charge in [0.2, 0.25) is 11.8 Å². The summed E-state index contributed by atoms with van der Waals surface area (Å²) in [5, 5.41) is 13.9. The Morgan fingerprint density at radius 2 is 1.80 bits per heavy atom. The van der Waals surface area contributed by atoms with E-state index in [-0.39, 0.29) is 24.8 Å². The van der Waals surface area contributed by atoms with Gasteiger partial charge < -0.3 is 19.9 Å². The van der Waals surface area contributed by atoms with Gasteiger partial charge in [0.25, 0.3) is 5.69 Å². The average molecular weight is 433 g/mol. The first-order chi connectivity index (χ1) is 14.4. The highest BCUT2D eigenvalue weighted by molar-refractivity contribution is 6.30. The molecule has 1 aliphatic heterocycles. The molecule has 1 N–H and O–H groups in total. The molecule has 1 fully saturated rings. The maximum absolute atomic E-state index is 12.3. The number of anilines is 2. The molecule has 0 atom stereocenters. The maximum atomic E-state index is 12.3. The molecular formula is C20H21ClN4O5. The van der Waals surface area contributed by atoms with Gasteiger partial charge in [-0.15, -0.1) is 0 Å². The van der Waals surface area contributed by atoms with Crippen LogP contribution in [0, 0.1) is 10.1 Å². The van der Waals surface area contributed by atoms with Crippen molar-refractivity contribution >= 4 is 40.5 Å². The molecule has 0 saturated carbocycles. The van der Waals surface area contributed by atoms with Crippen LogP contribution in [0.2, 0.25) is 5.02 Å². The first-order valence-corrected chi connectivity index (χ1v) is 9.70. The van der Waals surface area contributed by atoms with E-state index in [1.807, 2.05) is 24.3 Å². The largest absolute Gasteiger partial charge is 0.368 e. The van der Waals surface area contributed by atoms with Gasteiger partial charge in [-0.05, 0) is 24.3 Å². The zero-order chi connectivity index (χ0) is 21.5. The smallest absolute Gasteiger partial charge is 0.271 e. The molecule has 0 radical (unpaired) electrons. The van der Waals surface area contributed by atoms with E-state index in [2.05, 4.69) is 10.2 Å². The van der Waals surface area contributed by atoms with Gasteiger partial charge in [-0.1, -0.05) is 23.7 Å². The number of piperazine rings is 1. The third kappa shape index (κ3) is 5.91. The van der Waals surface area contributed by atoms with E-state index in [1.54, 1.807) is 4.90 Å². The van der Waals surface area contributed by atoms with Gasteiger partial charge >= 0.3 is 0 Å². The Labute approximate surface area is 178 Å². The zero-order valence-electron chi connectivity index (χ0n) is 16.1. The van der Waals surface area contributed by atoms with E-state index in [0.717, 1.165) is 5.69 Å². The van der Waals surface area contributed by atoms with Crippen molar-refractivity contribution in [1.82, 2.24) is 4.90 Å². The van der Waals surface area contributed by atoms with E-state index in [4.69, 9.17) is 16.3 Å². The molecule has 1 saturated heterocycles. The second-order valence-electron chi connectivity index (χ2n) is 6.70. The predicted octanol–water partition coefficient (Wildman–Crippen LogP) is 2.55. The van der Waals surface area contributed by atoms with Crippen molar-refractivity contribution in [1.29, 1.82) is 0 Å². The quantitative estimate of drug-likeness (QED) is 0.532. The van der Waals surface area contributed by atoms with Crippen LogP contribution in [0.4, 0.5) is 17.1 Å². The Balaban J connectivity index is 1.39. The molecule has 2 aromatic rings. The number of amides is 2. The average Bonchev–Trinajstić information content (AvgIpc) is 2.74. The van der Waals surface area contributed by atoms with Crippen LogP contribution >= 0.6 is 11.6 Å². The number of hydrogen-bond donors (Lipinski definition) is 1. The molecule has 0 bridgehead atoms. The van der Waals surface area contributed by atoms with Gasteiger partial charge in [0.15, 0.2) is 0 Å². The van der Waals surface area contributed by atoms with Crippen molar-refractivity contribution in [2.45, 2.75) is 0 Å². The highest BCUT2D eigenvalue weighted by Crippen LogP contribution is 2.21. The Bertz CT molecular complexity index is 931. The van der Waals surface area contributed by atoms with Crippen LogP contribution in [0.5, 0.6) is 0 Å². The normalized spacial score (nSPS) is 13.8. The van der Waals surface area contributed by atoms with Crippen molar-refractivity contribution in [2.75, 3.05) is 49.6 Å². The topological polar surface area (TPSA) is 105 Å². The van der Waals surface area contributed by atoms with Gasteiger partial charge in [0, 0.05) is 54.7 Å². The highest BCUT2D eigenvalue weighted by atomic mass is 35.5. The van der Waals surface area contributed by atoms with Crippen LogP contribution in [-0.4, -0.2) is 61.0 Å². The summed E-state index contributed by atoms with van der Waals surface area (Å²) in [6.07, 6.45) is 0. The number of nitro groups is 1. The molecule has 2 aromatic carbocycles. The van der Waals surface area contributed by atoms with Gasteiger partial charge in [-0.3, -0.25) is 19.7 Å². The van der Waals surface area contributed by atoms with Crippen LogP contribution in [0.15, 0.2) is 48.5 Å². The highest BCUT2D eigenvalue weighted by Gasteiger charge is 2.21. The molecule has 0 aliphatic carbocycles. The summed E-state index contributed by atoms with van der Waals surface area (Å²) in [6.45, 7) is 1.93. The van der Waals surface area contributed by atoms with Crippen molar-refractivity contribution in [3.05, 3.63) is 63.7 Å². The van der Waals surface area contributed by atoms with Crippen LogP contribution < -0.4 is 10.2 Å². The summed E-state index contributed by atoms with van der Waals surface area (Å²) >= 11 is 6.03. The minimum atomic E-state index is -0.545. The lowest BCUT2D eigenvalue weighted by atomic mass is 10.2. The summed E-state index contributed by atoms with van der Waals surface area (Å²) in [5.74, 6) is -0.682. The number of hydrogen-bond acceptors (Lipinski definition) is 6. The third-order valence-corrected chi connectivity index (χ3v) is 4.84. The van der Waals surface area contributed by atoms with E-state index < -0.39 is 10.8 Å². The molecule has 10 heteroatoms. The van der Waals surface area contributed by atoms with E-state index in [1.165, 1.54) is 24.3 Å². The number of halogens is 1. The first-order valence-electron chi connectivity index (χ1n) is 9.33. The monoisotopic (exact) mass is 432 g/mol. The fourth-order valence-corrected chi connectivity index (χ4v) is 3.29. The summed E-state index contributed by atoms with van der Waals surface area (Å²) in [6, 6.07) is 13.2. The minimum Gasteiger partial charge on any atom is -0.368 e. The molecule has 2 amide bonds. The number of nitro benzene ring substituents is 1. The lowest BCUT2D eigenvalue weighted by molar-refractivity contribution is -0.384. The standard InChI is InChI=1S/C20H21ClN4O5/c21-15-3-1-5-17(11-15)23-7-9-24(10-8-23)20(27)14-30-13-19(26)22-16-4-2-6-18(12-16)25(28)29/h1-6,11-12H,7-10,13-14H2,(H,22,26). The molecule has 1 aliphatic rings. The van der Waals surface area contributed by atoms with E-state index >= 15 is 0 Å². The second-order valence-corrected chi connectivity index (χ2v) is 7.13. The minimum absolute atomic E-state index is 0.124. The number of carbonyl (C=O) groups is 2. The molecule has 3 rings (SSSR count). The van der Waals surface area contributed by atoms with Crippen molar-refractivity contribution < 1.29 is 19.2 Å².